The first-order chi connectivity index (χ1) is 8.08. The summed E-state index contributed by atoms with van der Waals surface area (Å²) < 4.78 is 1.84. The lowest BCUT2D eigenvalue weighted by molar-refractivity contribution is -0.139. The summed E-state index contributed by atoms with van der Waals surface area (Å²) in [5, 5.41) is 12.3. The largest absolute Gasteiger partial charge is 0.480 e. The van der Waals surface area contributed by atoms with Gasteiger partial charge in [-0.2, -0.15) is 0 Å². The lowest BCUT2D eigenvalue weighted by Crippen LogP contribution is -2.33. The van der Waals surface area contributed by atoms with Crippen molar-refractivity contribution in [2.45, 2.75) is 19.5 Å². The van der Waals surface area contributed by atoms with Gasteiger partial charge in [0.1, 0.15) is 11.7 Å². The minimum atomic E-state index is -0.878. The van der Waals surface area contributed by atoms with Gasteiger partial charge >= 0.3 is 5.97 Å². The number of nitrogens with one attached hydrogen (secondary N) is 1. The van der Waals surface area contributed by atoms with Crippen molar-refractivity contribution >= 4 is 23.2 Å². The molecule has 6 heteroatoms. The van der Waals surface area contributed by atoms with Crippen molar-refractivity contribution < 1.29 is 9.90 Å². The molecule has 0 amide bonds. The Morgan fingerprint density at radius 3 is 3.12 bits per heavy atom. The van der Waals surface area contributed by atoms with Crippen molar-refractivity contribution in [3.8, 4) is 0 Å². The first-order valence-electron chi connectivity index (χ1n) is 5.15. The van der Waals surface area contributed by atoms with Gasteiger partial charge in [-0.1, -0.05) is 11.6 Å². The molecule has 0 aliphatic heterocycles. The number of carbonyl (C=O) groups is 1. The van der Waals surface area contributed by atoms with Crippen LogP contribution in [0.25, 0.3) is 5.65 Å². The fraction of sp³-hybridized carbons (Fsp3) is 0.273. The Kier molecular flexibility index (Phi) is 3.31. The van der Waals surface area contributed by atoms with E-state index in [1.807, 2.05) is 10.5 Å². The Morgan fingerprint density at radius 1 is 1.65 bits per heavy atom. The maximum Gasteiger partial charge on any atom is 0.320 e. The van der Waals surface area contributed by atoms with E-state index < -0.39 is 12.0 Å². The highest BCUT2D eigenvalue weighted by molar-refractivity contribution is 6.30. The molecule has 2 heterocycles. The number of hydrogen-bond donors (Lipinski definition) is 2. The second-order valence-electron chi connectivity index (χ2n) is 3.77. The molecule has 90 valence electrons. The molecule has 2 rings (SSSR count). The molecule has 2 aromatic heterocycles. The molecular weight excluding hydrogens is 242 g/mol. The van der Waals surface area contributed by atoms with Gasteiger partial charge in [-0.3, -0.25) is 10.1 Å². The fourth-order valence-electron chi connectivity index (χ4n) is 1.48. The number of nitrogens with zero attached hydrogens (tertiary/aromatic N) is 2. The van der Waals surface area contributed by atoms with Crippen molar-refractivity contribution in [1.29, 1.82) is 0 Å². The Labute approximate surface area is 103 Å². The molecule has 0 spiro atoms. The van der Waals surface area contributed by atoms with Crippen LogP contribution >= 0.6 is 11.6 Å². The number of aliphatic carboxylic acids is 1. The van der Waals surface area contributed by atoms with Crippen LogP contribution < -0.4 is 5.32 Å². The van der Waals surface area contributed by atoms with Crippen LogP contribution in [0, 0.1) is 0 Å². The molecule has 0 saturated carbocycles. The van der Waals surface area contributed by atoms with Gasteiger partial charge in [0.2, 0.25) is 0 Å². The number of hydrogen-bond acceptors (Lipinski definition) is 3. The molecule has 0 aliphatic carbocycles. The van der Waals surface area contributed by atoms with E-state index in [2.05, 4.69) is 10.3 Å². The summed E-state index contributed by atoms with van der Waals surface area (Å²) in [6.45, 7) is 2.02. The second kappa shape index (κ2) is 4.73. The molecule has 0 aliphatic rings. The lowest BCUT2D eigenvalue weighted by atomic mass is 10.3. The minimum absolute atomic E-state index is 0.426. The topological polar surface area (TPSA) is 66.6 Å². The predicted octanol–water partition coefficient (Wildman–Crippen LogP) is 1.55. The summed E-state index contributed by atoms with van der Waals surface area (Å²) in [4.78, 5) is 14.9. The van der Waals surface area contributed by atoms with E-state index >= 15 is 0 Å². The first kappa shape index (κ1) is 11.9. The van der Waals surface area contributed by atoms with E-state index in [-0.39, 0.29) is 0 Å². The summed E-state index contributed by atoms with van der Waals surface area (Å²) in [6.07, 6.45) is 3.46. The third kappa shape index (κ3) is 2.57. The van der Waals surface area contributed by atoms with Crippen LogP contribution in [0.2, 0.25) is 5.02 Å². The van der Waals surface area contributed by atoms with Crippen LogP contribution in [-0.4, -0.2) is 26.5 Å². The molecule has 2 N–H and O–H groups in total. The van der Waals surface area contributed by atoms with Gasteiger partial charge in [0.25, 0.3) is 0 Å². The standard InChI is InChI=1S/C11H12ClN3O2/c1-7(11(16)17)13-4-9-5-14-10-3-2-8(12)6-15(9)10/h2-3,5-7,13H,4H2,1H3,(H,16,17)/t7-/m0/s1. The molecule has 0 aromatic carbocycles. The zero-order valence-corrected chi connectivity index (χ0v) is 9.98. The second-order valence-corrected chi connectivity index (χ2v) is 4.20. The summed E-state index contributed by atoms with van der Waals surface area (Å²) in [6, 6.07) is 2.98. The number of fused-ring (bicyclic) bond motifs is 1. The van der Waals surface area contributed by atoms with Crippen LogP contribution in [0.15, 0.2) is 24.5 Å². The Morgan fingerprint density at radius 2 is 2.41 bits per heavy atom. The zero-order valence-electron chi connectivity index (χ0n) is 9.22. The average molecular weight is 254 g/mol. The SMILES string of the molecule is C[C@H](NCc1cnc2ccc(Cl)cn12)C(=O)O. The summed E-state index contributed by atoms with van der Waals surface area (Å²) in [7, 11) is 0. The van der Waals surface area contributed by atoms with Gasteiger partial charge in [0.05, 0.1) is 16.9 Å². The van der Waals surface area contributed by atoms with Crippen LogP contribution in [0.1, 0.15) is 12.6 Å². The van der Waals surface area contributed by atoms with E-state index in [0.717, 1.165) is 11.3 Å². The van der Waals surface area contributed by atoms with E-state index in [1.165, 1.54) is 0 Å². The monoisotopic (exact) mass is 253 g/mol. The van der Waals surface area contributed by atoms with Gasteiger partial charge in [0, 0.05) is 12.7 Å². The van der Waals surface area contributed by atoms with E-state index in [4.69, 9.17) is 16.7 Å². The maximum absolute atomic E-state index is 10.7. The van der Waals surface area contributed by atoms with Gasteiger partial charge in [-0.25, -0.2) is 4.98 Å². The highest BCUT2D eigenvalue weighted by atomic mass is 35.5. The quantitative estimate of drug-likeness (QED) is 0.868. The van der Waals surface area contributed by atoms with Crippen LogP contribution in [0.5, 0.6) is 0 Å². The summed E-state index contributed by atoms with van der Waals surface area (Å²) in [5.41, 5.74) is 1.66. The van der Waals surface area contributed by atoms with Crippen molar-refractivity contribution in [1.82, 2.24) is 14.7 Å². The Bertz CT molecular complexity index is 553. The van der Waals surface area contributed by atoms with E-state index in [1.54, 1.807) is 25.4 Å². The van der Waals surface area contributed by atoms with Crippen molar-refractivity contribution in [3.63, 3.8) is 0 Å². The van der Waals surface area contributed by atoms with Crippen molar-refractivity contribution in [2.75, 3.05) is 0 Å². The lowest BCUT2D eigenvalue weighted by Gasteiger charge is -2.08. The number of aromatic nitrogens is 2. The number of halogens is 1. The van der Waals surface area contributed by atoms with Crippen molar-refractivity contribution in [2.24, 2.45) is 0 Å². The van der Waals surface area contributed by atoms with Crippen molar-refractivity contribution in [3.05, 3.63) is 35.2 Å². The van der Waals surface area contributed by atoms with E-state index in [0.29, 0.717) is 11.6 Å². The molecule has 5 nitrogen and oxygen atoms in total. The fourth-order valence-corrected chi connectivity index (χ4v) is 1.64. The molecule has 0 unspecified atom stereocenters. The molecule has 0 saturated heterocycles. The number of carboxylic acid groups (broad SMARTS) is 1. The number of rotatable bonds is 4. The van der Waals surface area contributed by atoms with Gasteiger partial charge < -0.3 is 9.51 Å². The molecule has 2 aromatic rings. The molecule has 0 radical (unpaired) electrons. The van der Waals surface area contributed by atoms with Gasteiger partial charge in [-0.15, -0.1) is 0 Å². The highest BCUT2D eigenvalue weighted by Gasteiger charge is 2.11. The molecule has 1 atom stereocenters. The van der Waals surface area contributed by atoms with Gasteiger partial charge in [-0.05, 0) is 19.1 Å². The zero-order chi connectivity index (χ0) is 12.4. The third-order valence-corrected chi connectivity index (χ3v) is 2.73. The van der Waals surface area contributed by atoms with E-state index in [9.17, 15) is 4.79 Å². The average Bonchev–Trinajstić information content (AvgIpc) is 2.68. The smallest absolute Gasteiger partial charge is 0.320 e. The highest BCUT2D eigenvalue weighted by Crippen LogP contribution is 2.12. The van der Waals surface area contributed by atoms with Crippen LogP contribution in [0.4, 0.5) is 0 Å². The normalized spacial score (nSPS) is 12.8. The van der Waals surface area contributed by atoms with Crippen LogP contribution in [0.3, 0.4) is 0 Å². The molecule has 17 heavy (non-hydrogen) atoms. The molecule has 0 fully saturated rings. The summed E-state index contributed by atoms with van der Waals surface area (Å²) in [5.74, 6) is -0.878. The first-order valence-corrected chi connectivity index (χ1v) is 5.53. The molecule has 0 bridgehead atoms. The number of imidazole rings is 1. The van der Waals surface area contributed by atoms with Gasteiger partial charge in [0.15, 0.2) is 0 Å². The third-order valence-electron chi connectivity index (χ3n) is 2.51. The number of pyridine rings is 1. The summed E-state index contributed by atoms with van der Waals surface area (Å²) >= 11 is 5.90. The minimum Gasteiger partial charge on any atom is -0.480 e. The Hall–Kier alpha value is -1.59. The molecular formula is C11H12ClN3O2. The maximum atomic E-state index is 10.7. The number of carboxylic acids is 1. The predicted molar refractivity (Wildman–Crippen MR) is 64.1 cm³/mol. The van der Waals surface area contributed by atoms with Crippen LogP contribution in [-0.2, 0) is 11.3 Å². The Balaban J connectivity index is 2.19.